The number of aryl methyl sites for hydroxylation is 1. The second kappa shape index (κ2) is 35.3. The van der Waals surface area contributed by atoms with Crippen LogP contribution in [0.2, 0.25) is 0 Å². The van der Waals surface area contributed by atoms with Gasteiger partial charge in [0.05, 0.1) is 27.5 Å². The van der Waals surface area contributed by atoms with E-state index in [1.54, 1.807) is 0 Å². The predicted octanol–water partition coefficient (Wildman–Crippen LogP) is 38.1. The first kappa shape index (κ1) is 84.5. The van der Waals surface area contributed by atoms with Crippen LogP contribution in [0.3, 0.4) is 0 Å². The Morgan fingerprint density at radius 1 is 0.167 bits per heavy atom. The quantitative estimate of drug-likeness (QED) is 0.0897. The van der Waals surface area contributed by atoms with Gasteiger partial charge in [0.1, 0.15) is 0 Å². The van der Waals surface area contributed by atoms with Crippen molar-refractivity contribution >= 4 is 142 Å². The van der Waals surface area contributed by atoms with E-state index in [1.807, 2.05) is 0 Å². The van der Waals surface area contributed by atoms with E-state index in [0.717, 1.165) is 51.0 Å². The van der Waals surface area contributed by atoms with Crippen molar-refractivity contribution in [2.24, 2.45) is 0 Å². The Hall–Kier alpha value is -18.7. The molecule has 0 saturated heterocycles. The fourth-order valence-electron chi connectivity index (χ4n) is 23.6. The van der Waals surface area contributed by atoms with E-state index < -0.39 is 5.41 Å². The summed E-state index contributed by atoms with van der Waals surface area (Å²) in [5, 5.41) is 19.8. The van der Waals surface area contributed by atoms with Crippen LogP contribution in [0, 0.1) is 6.92 Å². The summed E-state index contributed by atoms with van der Waals surface area (Å²) in [7, 11) is 0. The number of fused-ring (bicyclic) bond motifs is 15. The lowest BCUT2D eigenvalue weighted by Crippen LogP contribution is -2.28. The highest BCUT2D eigenvalue weighted by Gasteiger charge is 2.46. The Labute approximate surface area is 836 Å². The van der Waals surface area contributed by atoms with Gasteiger partial charge >= 0.3 is 0 Å². The topological polar surface area (TPSA) is 16.3 Å². The molecule has 4 heteroatoms. The predicted molar refractivity (Wildman–Crippen MR) is 611 cm³/mol. The van der Waals surface area contributed by atoms with Gasteiger partial charge in [-0.1, -0.05) is 418 Å². The smallest absolute Gasteiger partial charge is 0.0714 e. The molecule has 1 aliphatic carbocycles. The Morgan fingerprint density at radius 2 is 0.465 bits per heavy atom. The Bertz CT molecular complexity index is 9520. The maximum atomic E-state index is 2.48. The maximum Gasteiger partial charge on any atom is 0.0714 e. The molecule has 25 aromatic carbocycles. The zero-order valence-electron chi connectivity index (χ0n) is 79.3. The summed E-state index contributed by atoms with van der Waals surface area (Å²) in [6, 6.07) is 203. The Balaban J connectivity index is 0.000000148. The molecule has 2 aromatic heterocycles. The van der Waals surface area contributed by atoms with Gasteiger partial charge in [-0.3, -0.25) is 0 Å². The number of hydrogen-bond donors (Lipinski definition) is 0. The van der Waals surface area contributed by atoms with Gasteiger partial charge in [0.15, 0.2) is 0 Å². The van der Waals surface area contributed by atoms with Crippen molar-refractivity contribution in [2.75, 3.05) is 9.80 Å². The number of anilines is 6. The molecule has 0 aliphatic heterocycles. The highest BCUT2D eigenvalue weighted by molar-refractivity contribution is 6.24. The molecule has 144 heavy (non-hydrogen) atoms. The van der Waals surface area contributed by atoms with Crippen molar-refractivity contribution in [3.8, 4) is 89.3 Å². The molecule has 0 atom stereocenters. The normalized spacial score (nSPS) is 12.1. The molecule has 0 amide bonds. The van der Waals surface area contributed by atoms with Crippen LogP contribution in [0.1, 0.15) is 27.8 Å². The maximum absolute atomic E-state index is 2.48. The van der Waals surface area contributed by atoms with Gasteiger partial charge in [-0.05, 0) is 311 Å². The minimum atomic E-state index is -0.512. The molecule has 0 spiro atoms. The van der Waals surface area contributed by atoms with E-state index in [4.69, 9.17) is 0 Å². The number of para-hydroxylation sites is 2. The highest BCUT2D eigenvalue weighted by atomic mass is 15.2. The average Bonchev–Trinajstić information content (AvgIpc) is 1.50. The van der Waals surface area contributed by atoms with E-state index in [1.165, 1.54) is 208 Å². The largest absolute Gasteiger partial charge is 0.310 e. The summed E-state index contributed by atoms with van der Waals surface area (Å²) >= 11 is 0. The van der Waals surface area contributed by atoms with Crippen molar-refractivity contribution < 1.29 is 0 Å². The number of hydrogen-bond acceptors (Lipinski definition) is 2. The summed E-state index contributed by atoms with van der Waals surface area (Å²) in [4.78, 5) is 4.83. The van der Waals surface area contributed by atoms with Crippen LogP contribution in [-0.2, 0) is 5.41 Å². The molecule has 1 aliphatic rings. The standard InChI is InChI=1S/C79H52N2.C61H42N2/c1-4-21-55(22-5-1)77-68-30-12-14-32-70(68)78(71-33-15-13-31-69(71)77)56-40-44-62(45-41-56)80(61-42-38-54(39-43-61)58-37-36-53-20-10-11-23-57(53)50-58)63-47-49-76-72(51-63)67-29-17-19-35-75(67)81(76)64-46-48-66-65-28-16-18-34-73(65)79(74(66)52-64,59-24-6-2-7-25-59)60-26-8-3-9-27-60;1-41-24-36-58-56(38-41)57-40-51(35-37-59(57)63(58)48-18-6-3-7-19-48)62(49-31-27-43(28-32-49)47-26-25-42-14-8-9-17-46(42)39-47)50-33-29-45(30-34-50)61-54-22-12-10-20-52(54)60(44-15-4-2-5-16-44)53-21-11-13-23-55(53)61/h1-52H;2-40H,1H3. The van der Waals surface area contributed by atoms with Crippen LogP contribution in [0.25, 0.3) is 198 Å². The summed E-state index contributed by atoms with van der Waals surface area (Å²) in [5.74, 6) is 0. The molecule has 0 radical (unpaired) electrons. The fourth-order valence-corrected chi connectivity index (χ4v) is 23.6. The molecule has 0 saturated carbocycles. The second-order valence-corrected chi connectivity index (χ2v) is 38.1. The SMILES string of the molecule is Cc1ccc2c(c1)c1cc(N(c3ccc(-c4ccc5ccccc5c4)cc3)c3ccc(-c4c5ccccc5c(-c5ccccc5)c5ccccc45)cc3)ccc1n2-c1ccccc1.c1ccc(-c2c3ccccc3c(-c3ccc(N(c4ccc(-c5ccc6ccccc6c5)cc4)c4ccc5c(c4)c4ccccc4n5-c4ccc5c(c4)C(c4ccccc4)(c4ccccc4)c4ccccc4-5)cc3)c3ccccc23)cc1. The molecule has 0 bridgehead atoms. The molecular weight excluding hydrogens is 1740 g/mol. The summed E-state index contributed by atoms with van der Waals surface area (Å²) in [5.41, 5.74) is 36.5. The lowest BCUT2D eigenvalue weighted by molar-refractivity contribution is 0.767. The zero-order valence-corrected chi connectivity index (χ0v) is 79.3. The average molecular weight is 1830 g/mol. The molecule has 0 unspecified atom stereocenters. The van der Waals surface area contributed by atoms with Crippen LogP contribution in [0.4, 0.5) is 34.1 Å². The third-order valence-electron chi connectivity index (χ3n) is 30.0. The first-order valence-corrected chi connectivity index (χ1v) is 49.8. The van der Waals surface area contributed by atoms with Crippen LogP contribution >= 0.6 is 0 Å². The molecule has 4 nitrogen and oxygen atoms in total. The molecule has 0 N–H and O–H groups in total. The zero-order chi connectivity index (χ0) is 95.3. The molecule has 0 fully saturated rings. The van der Waals surface area contributed by atoms with Gasteiger partial charge in [-0.15, -0.1) is 0 Å². The van der Waals surface area contributed by atoms with Crippen LogP contribution in [-0.4, -0.2) is 9.13 Å². The third kappa shape index (κ3) is 14.3. The van der Waals surface area contributed by atoms with Crippen molar-refractivity contribution in [3.05, 3.63) is 580 Å². The van der Waals surface area contributed by atoms with Crippen molar-refractivity contribution in [1.29, 1.82) is 0 Å². The highest BCUT2D eigenvalue weighted by Crippen LogP contribution is 2.58. The van der Waals surface area contributed by atoms with E-state index in [2.05, 4.69) is 578 Å². The molecular formula is C140H94N4. The van der Waals surface area contributed by atoms with E-state index in [9.17, 15) is 0 Å². The molecule has 28 rings (SSSR count). The third-order valence-corrected chi connectivity index (χ3v) is 30.0. The van der Waals surface area contributed by atoms with Crippen molar-refractivity contribution in [3.63, 3.8) is 0 Å². The lowest BCUT2D eigenvalue weighted by atomic mass is 9.67. The Morgan fingerprint density at radius 3 is 0.896 bits per heavy atom. The summed E-state index contributed by atoms with van der Waals surface area (Å²) in [6.07, 6.45) is 0. The summed E-state index contributed by atoms with van der Waals surface area (Å²) in [6.45, 7) is 2.18. The number of benzene rings is 25. The van der Waals surface area contributed by atoms with Crippen LogP contribution in [0.15, 0.2) is 552 Å². The number of rotatable bonds is 16. The number of nitrogens with zero attached hydrogens (tertiary/aromatic N) is 4. The number of aromatic nitrogens is 2. The van der Waals surface area contributed by atoms with Gasteiger partial charge < -0.3 is 18.9 Å². The van der Waals surface area contributed by atoms with Crippen molar-refractivity contribution in [2.45, 2.75) is 12.3 Å². The van der Waals surface area contributed by atoms with E-state index in [-0.39, 0.29) is 0 Å². The first-order chi connectivity index (χ1) is 71.3. The minimum Gasteiger partial charge on any atom is -0.310 e. The second-order valence-electron chi connectivity index (χ2n) is 38.1. The minimum absolute atomic E-state index is 0.512. The van der Waals surface area contributed by atoms with Gasteiger partial charge in [-0.2, -0.15) is 0 Å². The summed E-state index contributed by atoms with van der Waals surface area (Å²) < 4.78 is 4.87. The van der Waals surface area contributed by atoms with Crippen LogP contribution in [0.5, 0.6) is 0 Å². The van der Waals surface area contributed by atoms with Gasteiger partial charge in [0, 0.05) is 67.0 Å². The molecule has 2 heterocycles. The van der Waals surface area contributed by atoms with Crippen LogP contribution < -0.4 is 9.80 Å². The van der Waals surface area contributed by atoms with Crippen molar-refractivity contribution in [1.82, 2.24) is 9.13 Å². The van der Waals surface area contributed by atoms with Gasteiger partial charge in [0.25, 0.3) is 0 Å². The lowest BCUT2D eigenvalue weighted by Gasteiger charge is -2.34. The van der Waals surface area contributed by atoms with Gasteiger partial charge in [-0.25, -0.2) is 0 Å². The molecule has 674 valence electrons. The Kier molecular flexibility index (Phi) is 20.7. The fraction of sp³-hybridized carbons (Fsp3) is 0.0143. The van der Waals surface area contributed by atoms with Gasteiger partial charge in [0.2, 0.25) is 0 Å². The molecule has 27 aromatic rings. The van der Waals surface area contributed by atoms with E-state index >= 15 is 0 Å². The van der Waals surface area contributed by atoms with E-state index in [0.29, 0.717) is 0 Å². The monoisotopic (exact) mass is 1830 g/mol. The first-order valence-electron chi connectivity index (χ1n) is 49.8.